The maximum atomic E-state index is 11.6. The Morgan fingerprint density at radius 3 is 2.83 bits per heavy atom. The van der Waals surface area contributed by atoms with Crippen LogP contribution in [0, 0.1) is 0 Å². The van der Waals surface area contributed by atoms with Gasteiger partial charge in [0.25, 0.3) is 0 Å². The molecule has 1 N–H and O–H groups in total. The molecule has 1 aliphatic rings. The summed E-state index contributed by atoms with van der Waals surface area (Å²) in [5, 5.41) is 3.51. The molecule has 5 nitrogen and oxygen atoms in total. The van der Waals surface area contributed by atoms with E-state index in [0.717, 1.165) is 39.1 Å². The molecule has 0 aromatic rings. The highest BCUT2D eigenvalue weighted by atomic mass is 16.6. The van der Waals surface area contributed by atoms with Crippen molar-refractivity contribution in [2.75, 3.05) is 45.9 Å². The summed E-state index contributed by atoms with van der Waals surface area (Å²) in [5.74, 6) is 0. The van der Waals surface area contributed by atoms with Crippen molar-refractivity contribution in [1.29, 1.82) is 0 Å². The van der Waals surface area contributed by atoms with Gasteiger partial charge in [0.15, 0.2) is 0 Å². The van der Waals surface area contributed by atoms with Crippen molar-refractivity contribution >= 4 is 6.09 Å². The van der Waals surface area contributed by atoms with Crippen LogP contribution in [0.3, 0.4) is 0 Å². The van der Waals surface area contributed by atoms with Gasteiger partial charge in [0, 0.05) is 38.8 Å². The predicted molar refractivity (Wildman–Crippen MR) is 72.8 cm³/mol. The van der Waals surface area contributed by atoms with Crippen LogP contribution in [0.4, 0.5) is 4.79 Å². The van der Waals surface area contributed by atoms with Gasteiger partial charge in [-0.15, -0.1) is 0 Å². The standard InChI is InChI=1S/C13H27N3O2/c1-4-15-10-8-14-12(11-15)7-9-16(5-2)13(17)18-6-3/h12,14H,4-11H2,1-3H3/t12-/m1/s1. The van der Waals surface area contributed by atoms with Crippen LogP contribution in [-0.4, -0.2) is 67.8 Å². The third-order valence-electron chi connectivity index (χ3n) is 3.44. The van der Waals surface area contributed by atoms with Crippen LogP contribution >= 0.6 is 0 Å². The lowest BCUT2D eigenvalue weighted by atomic mass is 10.1. The smallest absolute Gasteiger partial charge is 0.409 e. The molecule has 0 saturated carbocycles. The van der Waals surface area contributed by atoms with Crippen molar-refractivity contribution in [1.82, 2.24) is 15.1 Å². The highest BCUT2D eigenvalue weighted by Crippen LogP contribution is 2.05. The normalized spacial score (nSPS) is 20.7. The number of nitrogens with zero attached hydrogens (tertiary/aromatic N) is 2. The molecule has 0 bridgehead atoms. The molecule has 0 radical (unpaired) electrons. The maximum Gasteiger partial charge on any atom is 0.409 e. The predicted octanol–water partition coefficient (Wildman–Crippen LogP) is 1.15. The van der Waals surface area contributed by atoms with Gasteiger partial charge in [0.2, 0.25) is 0 Å². The Balaban J connectivity index is 2.31. The van der Waals surface area contributed by atoms with E-state index in [1.165, 1.54) is 0 Å². The number of ether oxygens (including phenoxy) is 1. The lowest BCUT2D eigenvalue weighted by Gasteiger charge is -2.33. The van der Waals surface area contributed by atoms with Crippen LogP contribution in [0.25, 0.3) is 0 Å². The summed E-state index contributed by atoms with van der Waals surface area (Å²) in [6.07, 6.45) is 0.798. The first-order valence-electron chi connectivity index (χ1n) is 7.08. The third kappa shape index (κ3) is 4.82. The second kappa shape index (κ2) is 8.32. The largest absolute Gasteiger partial charge is 0.450 e. The SMILES string of the molecule is CCOC(=O)N(CC)CC[C@@H]1CN(CC)CCN1. The number of nitrogens with one attached hydrogen (secondary N) is 1. The van der Waals surface area contributed by atoms with Crippen molar-refractivity contribution in [2.45, 2.75) is 33.2 Å². The quantitative estimate of drug-likeness (QED) is 0.775. The Morgan fingerprint density at radius 1 is 1.44 bits per heavy atom. The molecular weight excluding hydrogens is 230 g/mol. The van der Waals surface area contributed by atoms with Crippen molar-refractivity contribution in [3.63, 3.8) is 0 Å². The van der Waals surface area contributed by atoms with Gasteiger partial charge in [-0.25, -0.2) is 4.79 Å². The van der Waals surface area contributed by atoms with Gasteiger partial charge in [-0.3, -0.25) is 0 Å². The summed E-state index contributed by atoms with van der Waals surface area (Å²) in [6, 6.07) is 0.488. The van der Waals surface area contributed by atoms with E-state index in [1.807, 2.05) is 13.8 Å². The molecule has 1 fully saturated rings. The first-order chi connectivity index (χ1) is 8.71. The number of rotatable bonds is 6. The minimum absolute atomic E-state index is 0.192. The van der Waals surface area contributed by atoms with Gasteiger partial charge in [-0.1, -0.05) is 6.92 Å². The lowest BCUT2D eigenvalue weighted by Crippen LogP contribution is -2.51. The van der Waals surface area contributed by atoms with Gasteiger partial charge in [-0.2, -0.15) is 0 Å². The summed E-state index contributed by atoms with van der Waals surface area (Å²) in [7, 11) is 0. The minimum Gasteiger partial charge on any atom is -0.450 e. The average molecular weight is 257 g/mol. The summed E-state index contributed by atoms with van der Waals surface area (Å²) < 4.78 is 5.03. The molecule has 106 valence electrons. The molecule has 1 rings (SSSR count). The van der Waals surface area contributed by atoms with Crippen LogP contribution < -0.4 is 5.32 Å². The fraction of sp³-hybridized carbons (Fsp3) is 0.923. The molecular formula is C13H27N3O2. The molecule has 0 aromatic heterocycles. The highest BCUT2D eigenvalue weighted by Gasteiger charge is 2.20. The van der Waals surface area contributed by atoms with Crippen molar-refractivity contribution < 1.29 is 9.53 Å². The first-order valence-corrected chi connectivity index (χ1v) is 7.08. The van der Waals surface area contributed by atoms with Crippen molar-refractivity contribution in [3.8, 4) is 0 Å². The zero-order valence-electron chi connectivity index (χ0n) is 11.9. The fourth-order valence-corrected chi connectivity index (χ4v) is 2.28. The van der Waals surface area contributed by atoms with Crippen molar-refractivity contribution in [3.05, 3.63) is 0 Å². The number of hydrogen-bond acceptors (Lipinski definition) is 4. The van der Waals surface area contributed by atoms with Gasteiger partial charge in [0.05, 0.1) is 6.61 Å². The van der Waals surface area contributed by atoms with E-state index in [2.05, 4.69) is 17.1 Å². The second-order valence-electron chi connectivity index (χ2n) is 4.61. The summed E-state index contributed by atoms with van der Waals surface area (Å²) in [4.78, 5) is 15.9. The van der Waals surface area contributed by atoms with Crippen LogP contribution in [0.15, 0.2) is 0 Å². The molecule has 0 aromatic carbocycles. The van der Waals surface area contributed by atoms with E-state index < -0.39 is 0 Å². The third-order valence-corrected chi connectivity index (χ3v) is 3.44. The van der Waals surface area contributed by atoms with Crippen LogP contribution in [-0.2, 0) is 4.74 Å². The molecule has 1 atom stereocenters. The van der Waals surface area contributed by atoms with Gasteiger partial charge in [-0.05, 0) is 26.8 Å². The molecule has 0 aliphatic carbocycles. The number of carbonyl (C=O) groups excluding carboxylic acids is 1. The van der Waals surface area contributed by atoms with E-state index in [0.29, 0.717) is 19.2 Å². The van der Waals surface area contributed by atoms with Crippen LogP contribution in [0.2, 0.25) is 0 Å². The Labute approximate surface area is 110 Å². The zero-order valence-corrected chi connectivity index (χ0v) is 11.9. The molecule has 0 spiro atoms. The van der Waals surface area contributed by atoms with E-state index in [-0.39, 0.29) is 6.09 Å². The fourth-order valence-electron chi connectivity index (χ4n) is 2.28. The molecule has 18 heavy (non-hydrogen) atoms. The number of amides is 1. The van der Waals surface area contributed by atoms with E-state index in [1.54, 1.807) is 4.90 Å². The Hall–Kier alpha value is -0.810. The number of hydrogen-bond donors (Lipinski definition) is 1. The molecule has 5 heteroatoms. The highest BCUT2D eigenvalue weighted by molar-refractivity contribution is 5.67. The van der Waals surface area contributed by atoms with Gasteiger partial charge >= 0.3 is 6.09 Å². The molecule has 1 amide bonds. The lowest BCUT2D eigenvalue weighted by molar-refractivity contribution is 0.105. The zero-order chi connectivity index (χ0) is 13.4. The minimum atomic E-state index is -0.192. The van der Waals surface area contributed by atoms with Crippen LogP contribution in [0.5, 0.6) is 0 Å². The molecule has 1 heterocycles. The maximum absolute atomic E-state index is 11.6. The molecule has 0 unspecified atom stereocenters. The van der Waals surface area contributed by atoms with Gasteiger partial charge < -0.3 is 19.9 Å². The summed E-state index contributed by atoms with van der Waals surface area (Å²) in [5.41, 5.74) is 0. The van der Waals surface area contributed by atoms with Crippen molar-refractivity contribution in [2.24, 2.45) is 0 Å². The average Bonchev–Trinajstić information content (AvgIpc) is 2.40. The summed E-state index contributed by atoms with van der Waals surface area (Å²) >= 11 is 0. The Morgan fingerprint density at radius 2 is 2.22 bits per heavy atom. The molecule has 1 saturated heterocycles. The van der Waals surface area contributed by atoms with E-state index in [4.69, 9.17) is 4.74 Å². The van der Waals surface area contributed by atoms with E-state index in [9.17, 15) is 4.79 Å². The Bertz CT molecular complexity index is 248. The van der Waals surface area contributed by atoms with E-state index >= 15 is 0 Å². The van der Waals surface area contributed by atoms with Gasteiger partial charge in [0.1, 0.15) is 0 Å². The summed E-state index contributed by atoms with van der Waals surface area (Å²) in [6.45, 7) is 12.3. The second-order valence-corrected chi connectivity index (χ2v) is 4.61. The monoisotopic (exact) mass is 257 g/mol. The first kappa shape index (κ1) is 15.2. The number of carbonyl (C=O) groups is 1. The number of piperazine rings is 1. The Kier molecular flexibility index (Phi) is 7.05. The molecule has 1 aliphatic heterocycles. The number of likely N-dealkylation sites (N-methyl/N-ethyl adjacent to an activating group) is 1. The van der Waals surface area contributed by atoms with Crippen LogP contribution in [0.1, 0.15) is 27.2 Å². The topological polar surface area (TPSA) is 44.8 Å².